The maximum Gasteiger partial charge on any atom is 0.335 e. The van der Waals surface area contributed by atoms with Crippen LogP contribution < -0.4 is 0 Å². The SMILES string of the molecule is CSC1CCN(Cc2cccc(C(=O)O)c2)CC1. The lowest BCUT2D eigenvalue weighted by Gasteiger charge is -2.31. The topological polar surface area (TPSA) is 40.5 Å². The molecule has 0 aromatic heterocycles. The molecule has 1 aromatic carbocycles. The van der Waals surface area contributed by atoms with Crippen LogP contribution in [0.25, 0.3) is 0 Å². The molecule has 0 unspecified atom stereocenters. The molecule has 0 atom stereocenters. The van der Waals surface area contributed by atoms with E-state index in [9.17, 15) is 4.79 Å². The number of piperidine rings is 1. The molecule has 3 nitrogen and oxygen atoms in total. The summed E-state index contributed by atoms with van der Waals surface area (Å²) in [6.45, 7) is 3.09. The zero-order valence-corrected chi connectivity index (χ0v) is 11.4. The zero-order valence-electron chi connectivity index (χ0n) is 10.6. The molecule has 1 fully saturated rings. The number of benzene rings is 1. The van der Waals surface area contributed by atoms with E-state index in [1.165, 1.54) is 12.8 Å². The molecule has 1 saturated heterocycles. The van der Waals surface area contributed by atoms with Gasteiger partial charge in [-0.2, -0.15) is 11.8 Å². The van der Waals surface area contributed by atoms with Gasteiger partial charge in [-0.15, -0.1) is 0 Å². The number of likely N-dealkylation sites (tertiary alicyclic amines) is 1. The molecule has 0 spiro atoms. The van der Waals surface area contributed by atoms with Gasteiger partial charge in [0.05, 0.1) is 5.56 Å². The molecular weight excluding hydrogens is 246 g/mol. The van der Waals surface area contributed by atoms with Gasteiger partial charge in [-0.1, -0.05) is 12.1 Å². The minimum absolute atomic E-state index is 0.381. The molecule has 1 N–H and O–H groups in total. The number of rotatable bonds is 4. The van der Waals surface area contributed by atoms with Gasteiger partial charge in [-0.05, 0) is 49.9 Å². The van der Waals surface area contributed by atoms with Crippen molar-refractivity contribution >= 4 is 17.7 Å². The van der Waals surface area contributed by atoms with Crippen molar-refractivity contribution in [2.24, 2.45) is 0 Å². The van der Waals surface area contributed by atoms with Gasteiger partial charge >= 0.3 is 5.97 Å². The Labute approximate surface area is 112 Å². The Morgan fingerprint density at radius 1 is 1.44 bits per heavy atom. The summed E-state index contributed by atoms with van der Waals surface area (Å²) in [5, 5.41) is 9.76. The number of aromatic carboxylic acids is 1. The van der Waals surface area contributed by atoms with Crippen LogP contribution in [-0.2, 0) is 6.54 Å². The fraction of sp³-hybridized carbons (Fsp3) is 0.500. The highest BCUT2D eigenvalue weighted by Gasteiger charge is 2.18. The molecule has 2 rings (SSSR count). The van der Waals surface area contributed by atoms with Crippen molar-refractivity contribution in [2.45, 2.75) is 24.6 Å². The van der Waals surface area contributed by atoms with Crippen LogP contribution in [0.4, 0.5) is 0 Å². The molecule has 1 aliphatic rings. The highest BCUT2D eigenvalue weighted by atomic mass is 32.2. The van der Waals surface area contributed by atoms with Gasteiger partial charge in [0.15, 0.2) is 0 Å². The summed E-state index contributed by atoms with van der Waals surface area (Å²) >= 11 is 1.96. The Morgan fingerprint density at radius 2 is 2.17 bits per heavy atom. The van der Waals surface area contributed by atoms with Crippen molar-refractivity contribution in [2.75, 3.05) is 19.3 Å². The first-order valence-electron chi connectivity index (χ1n) is 6.26. The van der Waals surface area contributed by atoms with Crippen molar-refractivity contribution in [3.05, 3.63) is 35.4 Å². The number of hydrogen-bond acceptors (Lipinski definition) is 3. The third kappa shape index (κ3) is 3.50. The molecule has 1 aromatic rings. The van der Waals surface area contributed by atoms with Crippen LogP contribution in [0.3, 0.4) is 0 Å². The normalized spacial score (nSPS) is 17.8. The van der Waals surface area contributed by atoms with Gasteiger partial charge in [0.2, 0.25) is 0 Å². The molecule has 0 amide bonds. The van der Waals surface area contributed by atoms with E-state index in [0.29, 0.717) is 5.56 Å². The Balaban J connectivity index is 1.94. The van der Waals surface area contributed by atoms with Crippen molar-refractivity contribution in [3.63, 3.8) is 0 Å². The molecule has 0 saturated carbocycles. The lowest BCUT2D eigenvalue weighted by molar-refractivity contribution is 0.0696. The monoisotopic (exact) mass is 265 g/mol. The van der Waals surface area contributed by atoms with E-state index in [1.807, 2.05) is 23.9 Å². The molecule has 18 heavy (non-hydrogen) atoms. The van der Waals surface area contributed by atoms with Gasteiger partial charge in [0.25, 0.3) is 0 Å². The number of carbonyl (C=O) groups is 1. The summed E-state index contributed by atoms with van der Waals surface area (Å²) in [7, 11) is 0. The third-order valence-electron chi connectivity index (χ3n) is 3.45. The highest BCUT2D eigenvalue weighted by Crippen LogP contribution is 2.22. The summed E-state index contributed by atoms with van der Waals surface area (Å²) in [6.07, 6.45) is 4.65. The van der Waals surface area contributed by atoms with E-state index >= 15 is 0 Å². The van der Waals surface area contributed by atoms with Crippen LogP contribution in [0.5, 0.6) is 0 Å². The minimum Gasteiger partial charge on any atom is -0.478 e. The maximum atomic E-state index is 10.9. The Hall–Kier alpha value is -1.00. The predicted molar refractivity (Wildman–Crippen MR) is 75.2 cm³/mol. The maximum absolute atomic E-state index is 10.9. The second kappa shape index (κ2) is 6.25. The first-order valence-corrected chi connectivity index (χ1v) is 7.55. The highest BCUT2D eigenvalue weighted by molar-refractivity contribution is 7.99. The van der Waals surface area contributed by atoms with Crippen molar-refractivity contribution in [3.8, 4) is 0 Å². The molecule has 0 radical (unpaired) electrons. The Kier molecular flexibility index (Phi) is 4.66. The van der Waals surface area contributed by atoms with Crippen LogP contribution in [0.15, 0.2) is 24.3 Å². The van der Waals surface area contributed by atoms with E-state index in [1.54, 1.807) is 12.1 Å². The number of carboxylic acids is 1. The first-order chi connectivity index (χ1) is 8.69. The molecule has 0 aliphatic carbocycles. The van der Waals surface area contributed by atoms with Crippen molar-refractivity contribution in [1.29, 1.82) is 0 Å². The fourth-order valence-corrected chi connectivity index (χ4v) is 3.05. The molecule has 98 valence electrons. The number of thioether (sulfide) groups is 1. The lowest BCUT2D eigenvalue weighted by atomic mass is 10.1. The van der Waals surface area contributed by atoms with E-state index < -0.39 is 5.97 Å². The zero-order chi connectivity index (χ0) is 13.0. The summed E-state index contributed by atoms with van der Waals surface area (Å²) in [4.78, 5) is 13.3. The van der Waals surface area contributed by atoms with E-state index in [2.05, 4.69) is 11.2 Å². The smallest absolute Gasteiger partial charge is 0.335 e. The van der Waals surface area contributed by atoms with Crippen molar-refractivity contribution in [1.82, 2.24) is 4.90 Å². The van der Waals surface area contributed by atoms with E-state index in [0.717, 1.165) is 30.4 Å². The van der Waals surface area contributed by atoms with Gasteiger partial charge in [0, 0.05) is 11.8 Å². The van der Waals surface area contributed by atoms with Crippen molar-refractivity contribution < 1.29 is 9.90 Å². The largest absolute Gasteiger partial charge is 0.478 e. The molecule has 0 bridgehead atoms. The van der Waals surface area contributed by atoms with Gasteiger partial charge in [0.1, 0.15) is 0 Å². The Morgan fingerprint density at radius 3 is 2.78 bits per heavy atom. The van der Waals surface area contributed by atoms with E-state index in [4.69, 9.17) is 5.11 Å². The molecule has 1 heterocycles. The van der Waals surface area contributed by atoms with Crippen LogP contribution in [0.1, 0.15) is 28.8 Å². The molecule has 1 aliphatic heterocycles. The Bertz CT molecular complexity index is 414. The number of hydrogen-bond donors (Lipinski definition) is 1. The summed E-state index contributed by atoms with van der Waals surface area (Å²) in [6, 6.07) is 7.26. The summed E-state index contributed by atoms with van der Waals surface area (Å²) in [5.74, 6) is -0.849. The van der Waals surface area contributed by atoms with Crippen LogP contribution in [0, 0.1) is 0 Å². The quantitative estimate of drug-likeness (QED) is 0.908. The summed E-state index contributed by atoms with van der Waals surface area (Å²) in [5.41, 5.74) is 1.48. The third-order valence-corrected chi connectivity index (χ3v) is 4.59. The lowest BCUT2D eigenvalue weighted by Crippen LogP contribution is -2.34. The van der Waals surface area contributed by atoms with Crippen LogP contribution >= 0.6 is 11.8 Å². The van der Waals surface area contributed by atoms with Gasteiger partial charge in [-0.3, -0.25) is 4.90 Å². The van der Waals surface area contributed by atoms with Gasteiger partial charge < -0.3 is 5.11 Å². The average molecular weight is 265 g/mol. The second-order valence-electron chi connectivity index (χ2n) is 4.72. The minimum atomic E-state index is -0.849. The standard InChI is InChI=1S/C14H19NO2S/c1-18-13-5-7-15(8-6-13)10-11-3-2-4-12(9-11)14(16)17/h2-4,9,13H,5-8,10H2,1H3,(H,16,17). The second-order valence-corrected chi connectivity index (χ2v) is 5.85. The number of nitrogens with zero attached hydrogens (tertiary/aromatic N) is 1. The molecule has 4 heteroatoms. The van der Waals surface area contributed by atoms with E-state index in [-0.39, 0.29) is 0 Å². The summed E-state index contributed by atoms with van der Waals surface area (Å²) < 4.78 is 0. The fourth-order valence-electron chi connectivity index (χ4n) is 2.36. The van der Waals surface area contributed by atoms with Crippen LogP contribution in [-0.4, -0.2) is 40.6 Å². The number of carboxylic acid groups (broad SMARTS) is 1. The predicted octanol–water partition coefficient (Wildman–Crippen LogP) is 2.71. The first kappa shape index (κ1) is 13.4. The molecular formula is C14H19NO2S. The van der Waals surface area contributed by atoms with Crippen LogP contribution in [0.2, 0.25) is 0 Å². The average Bonchev–Trinajstić information content (AvgIpc) is 2.40. The van der Waals surface area contributed by atoms with Gasteiger partial charge in [-0.25, -0.2) is 4.79 Å².